The highest BCUT2D eigenvalue weighted by Crippen LogP contribution is 2.40. The second-order valence-corrected chi connectivity index (χ2v) is 4.91. The third-order valence-electron chi connectivity index (χ3n) is 3.37. The van der Waals surface area contributed by atoms with Crippen molar-refractivity contribution in [2.24, 2.45) is 0 Å². The van der Waals surface area contributed by atoms with E-state index in [0.29, 0.717) is 11.6 Å². The largest absolute Gasteiger partial charge is 0.360 e. The zero-order chi connectivity index (χ0) is 11.7. The first-order valence-electron chi connectivity index (χ1n) is 6.31. The van der Waals surface area contributed by atoms with Crippen LogP contribution in [0.15, 0.2) is 10.6 Å². The maximum absolute atomic E-state index is 11.9. The molecule has 18 heavy (non-hydrogen) atoms. The molecule has 1 amide bonds. The number of hydrogen-bond acceptors (Lipinski definition) is 4. The van der Waals surface area contributed by atoms with E-state index >= 15 is 0 Å². The molecule has 100 valence electrons. The number of halogens is 1. The summed E-state index contributed by atoms with van der Waals surface area (Å²) in [6.07, 6.45) is 4.45. The van der Waals surface area contributed by atoms with E-state index in [4.69, 9.17) is 4.52 Å². The summed E-state index contributed by atoms with van der Waals surface area (Å²) in [6, 6.07) is 2.00. The highest BCUT2D eigenvalue weighted by Gasteiger charge is 2.29. The lowest BCUT2D eigenvalue weighted by molar-refractivity contribution is 0.0921. The molecule has 6 heteroatoms. The topological polar surface area (TPSA) is 67.2 Å². The van der Waals surface area contributed by atoms with Gasteiger partial charge in [-0.1, -0.05) is 5.16 Å². The van der Waals surface area contributed by atoms with Crippen LogP contribution in [0.4, 0.5) is 0 Å². The van der Waals surface area contributed by atoms with Crippen molar-refractivity contribution in [3.8, 4) is 0 Å². The fraction of sp³-hybridized carbons (Fsp3) is 0.667. The smallest absolute Gasteiger partial charge is 0.273 e. The molecule has 0 aromatic carbocycles. The molecule has 0 radical (unpaired) electrons. The van der Waals surface area contributed by atoms with E-state index in [1.165, 1.54) is 0 Å². The van der Waals surface area contributed by atoms with Crippen molar-refractivity contribution in [1.29, 1.82) is 0 Å². The maximum Gasteiger partial charge on any atom is 0.273 e. The number of amides is 1. The minimum atomic E-state index is -0.116. The van der Waals surface area contributed by atoms with Crippen molar-refractivity contribution in [2.75, 3.05) is 13.1 Å². The summed E-state index contributed by atoms with van der Waals surface area (Å²) in [5.41, 5.74) is 0.414. The van der Waals surface area contributed by atoms with Gasteiger partial charge in [-0.05, 0) is 32.2 Å². The van der Waals surface area contributed by atoms with Crippen LogP contribution >= 0.6 is 12.4 Å². The van der Waals surface area contributed by atoms with Gasteiger partial charge in [-0.3, -0.25) is 4.79 Å². The van der Waals surface area contributed by atoms with Crippen LogP contribution in [0.5, 0.6) is 0 Å². The van der Waals surface area contributed by atoms with E-state index in [-0.39, 0.29) is 24.4 Å². The maximum atomic E-state index is 11.9. The normalized spacial score (nSPS) is 23.2. The molecule has 2 fully saturated rings. The average molecular weight is 272 g/mol. The zero-order valence-electron chi connectivity index (χ0n) is 10.1. The lowest BCUT2D eigenvalue weighted by atomic mass is 10.1. The Balaban J connectivity index is 0.00000120. The first kappa shape index (κ1) is 13.4. The number of nitrogens with one attached hydrogen (secondary N) is 2. The van der Waals surface area contributed by atoms with Gasteiger partial charge in [-0.15, -0.1) is 12.4 Å². The van der Waals surface area contributed by atoms with Crippen molar-refractivity contribution in [3.05, 3.63) is 17.5 Å². The fourth-order valence-electron chi connectivity index (χ4n) is 2.19. The molecular weight excluding hydrogens is 254 g/mol. The molecule has 1 aliphatic heterocycles. The Hall–Kier alpha value is -1.07. The second kappa shape index (κ2) is 5.71. The van der Waals surface area contributed by atoms with Crippen molar-refractivity contribution in [3.63, 3.8) is 0 Å². The van der Waals surface area contributed by atoms with E-state index in [9.17, 15) is 4.79 Å². The highest BCUT2D eigenvalue weighted by molar-refractivity contribution is 5.92. The van der Waals surface area contributed by atoms with Crippen LogP contribution in [-0.4, -0.2) is 30.2 Å². The minimum Gasteiger partial charge on any atom is -0.360 e. The van der Waals surface area contributed by atoms with Gasteiger partial charge in [0.2, 0.25) is 0 Å². The quantitative estimate of drug-likeness (QED) is 0.873. The molecule has 1 atom stereocenters. The Morgan fingerprint density at radius 2 is 2.28 bits per heavy atom. The van der Waals surface area contributed by atoms with Gasteiger partial charge in [0.25, 0.3) is 5.91 Å². The summed E-state index contributed by atoms with van der Waals surface area (Å²) in [4.78, 5) is 11.9. The first-order valence-corrected chi connectivity index (χ1v) is 6.31. The molecule has 1 aromatic heterocycles. The lowest BCUT2D eigenvalue weighted by Gasteiger charge is -2.23. The Kier molecular flexibility index (Phi) is 4.24. The molecule has 2 heterocycles. The second-order valence-electron chi connectivity index (χ2n) is 4.91. The third-order valence-corrected chi connectivity index (χ3v) is 3.37. The van der Waals surface area contributed by atoms with Gasteiger partial charge in [0, 0.05) is 24.6 Å². The van der Waals surface area contributed by atoms with Crippen LogP contribution in [0.25, 0.3) is 0 Å². The molecule has 1 aromatic rings. The number of rotatable bonds is 3. The number of carbonyl (C=O) groups is 1. The molecule has 0 unspecified atom stereocenters. The standard InChI is InChI=1S/C12H17N3O2.ClH/c16-12(14-9-2-1-5-13-7-9)10-6-11(17-15-10)8-3-4-8;/h6,8-9,13H,1-5,7H2,(H,14,16);1H/t9-;/m0./s1. The molecule has 0 spiro atoms. The van der Waals surface area contributed by atoms with Gasteiger partial charge < -0.3 is 15.2 Å². The molecule has 1 saturated carbocycles. The summed E-state index contributed by atoms with van der Waals surface area (Å²) in [5.74, 6) is 1.24. The van der Waals surface area contributed by atoms with E-state index in [0.717, 1.165) is 44.5 Å². The zero-order valence-corrected chi connectivity index (χ0v) is 11.0. The molecule has 0 bridgehead atoms. The van der Waals surface area contributed by atoms with Gasteiger partial charge in [0.15, 0.2) is 5.69 Å². The van der Waals surface area contributed by atoms with E-state index in [1.54, 1.807) is 6.07 Å². The molecule has 2 aliphatic rings. The van der Waals surface area contributed by atoms with Crippen molar-refractivity contribution in [2.45, 2.75) is 37.6 Å². The number of nitrogens with zero attached hydrogens (tertiary/aromatic N) is 1. The molecular formula is C12H18ClN3O2. The minimum absolute atomic E-state index is 0. The van der Waals surface area contributed by atoms with Crippen LogP contribution in [0.2, 0.25) is 0 Å². The van der Waals surface area contributed by atoms with Gasteiger partial charge in [-0.25, -0.2) is 0 Å². The lowest BCUT2D eigenvalue weighted by Crippen LogP contribution is -2.45. The Morgan fingerprint density at radius 1 is 1.44 bits per heavy atom. The van der Waals surface area contributed by atoms with Crippen LogP contribution in [0.1, 0.15) is 47.8 Å². The molecule has 1 saturated heterocycles. The van der Waals surface area contributed by atoms with Crippen LogP contribution in [0, 0.1) is 0 Å². The fourth-order valence-corrected chi connectivity index (χ4v) is 2.19. The Labute approximate surface area is 112 Å². The number of aromatic nitrogens is 1. The SMILES string of the molecule is Cl.O=C(N[C@H]1CCCNC1)c1cc(C2CC2)on1. The van der Waals surface area contributed by atoms with Crippen LogP contribution < -0.4 is 10.6 Å². The van der Waals surface area contributed by atoms with E-state index < -0.39 is 0 Å². The average Bonchev–Trinajstić information content (AvgIpc) is 3.08. The van der Waals surface area contributed by atoms with Crippen LogP contribution in [0.3, 0.4) is 0 Å². The Morgan fingerprint density at radius 3 is 2.94 bits per heavy atom. The van der Waals surface area contributed by atoms with E-state index in [1.807, 2.05) is 0 Å². The summed E-state index contributed by atoms with van der Waals surface area (Å²) < 4.78 is 5.17. The first-order chi connectivity index (χ1) is 8.33. The van der Waals surface area contributed by atoms with Gasteiger partial charge in [-0.2, -0.15) is 0 Å². The number of hydrogen-bond donors (Lipinski definition) is 2. The molecule has 1 aliphatic carbocycles. The number of piperidine rings is 1. The highest BCUT2D eigenvalue weighted by atomic mass is 35.5. The predicted octanol–water partition coefficient (Wildman–Crippen LogP) is 1.46. The van der Waals surface area contributed by atoms with Gasteiger partial charge >= 0.3 is 0 Å². The van der Waals surface area contributed by atoms with Crippen molar-refractivity contribution in [1.82, 2.24) is 15.8 Å². The summed E-state index contributed by atoms with van der Waals surface area (Å²) >= 11 is 0. The number of carbonyl (C=O) groups excluding carboxylic acids is 1. The van der Waals surface area contributed by atoms with Gasteiger partial charge in [0.1, 0.15) is 5.76 Å². The summed E-state index contributed by atoms with van der Waals surface area (Å²) in [7, 11) is 0. The third kappa shape index (κ3) is 3.03. The van der Waals surface area contributed by atoms with Gasteiger partial charge in [0.05, 0.1) is 0 Å². The summed E-state index contributed by atoms with van der Waals surface area (Å²) in [6.45, 7) is 1.89. The molecule has 2 N–H and O–H groups in total. The molecule has 5 nitrogen and oxygen atoms in total. The Bertz CT molecular complexity index is 411. The van der Waals surface area contributed by atoms with E-state index in [2.05, 4.69) is 15.8 Å². The van der Waals surface area contributed by atoms with Crippen molar-refractivity contribution >= 4 is 18.3 Å². The predicted molar refractivity (Wildman–Crippen MR) is 69.1 cm³/mol. The van der Waals surface area contributed by atoms with Crippen molar-refractivity contribution < 1.29 is 9.32 Å². The van der Waals surface area contributed by atoms with Crippen LogP contribution in [-0.2, 0) is 0 Å². The molecule has 3 rings (SSSR count). The summed E-state index contributed by atoms with van der Waals surface area (Å²) in [5, 5.41) is 10.1. The monoisotopic (exact) mass is 271 g/mol.